The average molecular weight is 363 g/mol. The lowest BCUT2D eigenvalue weighted by Gasteiger charge is -2.08. The van der Waals surface area contributed by atoms with E-state index in [2.05, 4.69) is 5.32 Å². The molecule has 0 fully saturated rings. The molecule has 0 rings (SSSR count). The van der Waals surface area contributed by atoms with Crippen LogP contribution in [0.4, 0.5) is 4.79 Å². The molecule has 0 atom stereocenters. The minimum absolute atomic E-state index is 0.0646. The van der Waals surface area contributed by atoms with E-state index in [0.717, 1.165) is 0 Å². The molecule has 0 aromatic carbocycles. The second-order valence-electron chi connectivity index (χ2n) is 5.47. The van der Waals surface area contributed by atoms with E-state index in [0.29, 0.717) is 72.4 Å². The number of alkyl carbamates (subject to hydrolysis) is 1. The van der Waals surface area contributed by atoms with Crippen LogP contribution in [0.25, 0.3) is 0 Å². The number of carbonyl (C=O) groups is 2. The van der Waals surface area contributed by atoms with Gasteiger partial charge in [0.1, 0.15) is 5.78 Å². The topological polar surface area (TPSA) is 92.3 Å². The monoisotopic (exact) mass is 363 g/mol. The van der Waals surface area contributed by atoms with Crippen LogP contribution in [0.1, 0.15) is 27.2 Å². The van der Waals surface area contributed by atoms with E-state index in [1.165, 1.54) is 0 Å². The van der Waals surface area contributed by atoms with Crippen molar-refractivity contribution in [3.05, 3.63) is 0 Å². The summed E-state index contributed by atoms with van der Waals surface area (Å²) in [7, 11) is 0. The molecule has 0 aliphatic heterocycles. The molecule has 1 amide bonds. The van der Waals surface area contributed by atoms with Crippen molar-refractivity contribution >= 4 is 11.9 Å². The number of ketones is 1. The summed E-state index contributed by atoms with van der Waals surface area (Å²) in [6.07, 6.45) is 0.0193. The number of hydrogen-bond acceptors (Lipinski definition) is 7. The summed E-state index contributed by atoms with van der Waals surface area (Å²) in [6, 6.07) is 0. The predicted molar refractivity (Wildman–Crippen MR) is 92.8 cm³/mol. The highest BCUT2D eigenvalue weighted by atomic mass is 16.6. The number of amides is 1. The third-order valence-electron chi connectivity index (χ3n) is 3.04. The molecule has 0 saturated carbocycles. The van der Waals surface area contributed by atoms with Crippen molar-refractivity contribution in [3.8, 4) is 0 Å². The summed E-state index contributed by atoms with van der Waals surface area (Å²) >= 11 is 0. The first-order valence-corrected chi connectivity index (χ1v) is 8.82. The van der Waals surface area contributed by atoms with Crippen molar-refractivity contribution in [1.82, 2.24) is 5.32 Å². The van der Waals surface area contributed by atoms with E-state index in [1.807, 2.05) is 13.8 Å². The summed E-state index contributed by atoms with van der Waals surface area (Å²) in [5, 5.41) is 2.56. The Morgan fingerprint density at radius 3 is 1.76 bits per heavy atom. The van der Waals surface area contributed by atoms with E-state index in [4.69, 9.17) is 23.7 Å². The molecule has 148 valence electrons. The van der Waals surface area contributed by atoms with Crippen LogP contribution < -0.4 is 5.32 Å². The van der Waals surface area contributed by atoms with Gasteiger partial charge in [0.25, 0.3) is 0 Å². The van der Waals surface area contributed by atoms with Gasteiger partial charge in [-0.3, -0.25) is 4.79 Å². The van der Waals surface area contributed by atoms with E-state index in [9.17, 15) is 9.59 Å². The highest BCUT2D eigenvalue weighted by Gasteiger charge is 2.06. The molecule has 1 N–H and O–H groups in total. The Kier molecular flexibility index (Phi) is 16.7. The molecule has 0 aliphatic rings. The second-order valence-corrected chi connectivity index (χ2v) is 5.47. The Morgan fingerprint density at radius 1 is 0.800 bits per heavy atom. The molecule has 0 bridgehead atoms. The Morgan fingerprint density at radius 2 is 1.28 bits per heavy atom. The van der Waals surface area contributed by atoms with Crippen molar-refractivity contribution in [2.24, 2.45) is 5.92 Å². The fraction of sp³-hybridized carbons (Fsp3) is 0.882. The van der Waals surface area contributed by atoms with Gasteiger partial charge in [-0.05, 0) is 6.92 Å². The molecule has 0 spiro atoms. The van der Waals surface area contributed by atoms with Crippen LogP contribution in [-0.2, 0) is 28.5 Å². The first-order valence-electron chi connectivity index (χ1n) is 8.82. The number of carbonyl (C=O) groups excluding carboxylic acids is 2. The number of Topliss-reactive ketones (excluding diaryl/α,β-unsaturated/α-hetero) is 1. The van der Waals surface area contributed by atoms with Crippen molar-refractivity contribution in [3.63, 3.8) is 0 Å². The number of rotatable bonds is 17. The van der Waals surface area contributed by atoms with E-state index < -0.39 is 6.09 Å². The lowest BCUT2D eigenvalue weighted by molar-refractivity contribution is -0.123. The number of ether oxygens (including phenoxy) is 5. The molecule has 0 saturated heterocycles. The standard InChI is InChI=1S/C17H33NO7/c1-4-25-17(20)18-6-8-22-10-12-24-14-13-23-11-9-21-7-5-16(19)15(2)3/h15H,4-14H2,1-3H3,(H,18,20). The van der Waals surface area contributed by atoms with Crippen LogP contribution in [0.5, 0.6) is 0 Å². The van der Waals surface area contributed by atoms with Crippen molar-refractivity contribution < 1.29 is 33.3 Å². The Labute approximate surface area is 150 Å². The Balaban J connectivity index is 3.12. The van der Waals surface area contributed by atoms with Crippen molar-refractivity contribution in [1.29, 1.82) is 0 Å². The summed E-state index contributed by atoms with van der Waals surface area (Å²) in [4.78, 5) is 22.3. The van der Waals surface area contributed by atoms with Gasteiger partial charge in [0, 0.05) is 18.9 Å². The second kappa shape index (κ2) is 17.6. The normalized spacial score (nSPS) is 10.9. The molecule has 8 nitrogen and oxygen atoms in total. The molecule has 0 aromatic rings. The van der Waals surface area contributed by atoms with Crippen molar-refractivity contribution in [2.45, 2.75) is 27.2 Å². The molecule has 0 aliphatic carbocycles. The Hall–Kier alpha value is -1.22. The zero-order chi connectivity index (χ0) is 18.8. The molecule has 0 unspecified atom stereocenters. The lowest BCUT2D eigenvalue weighted by Crippen LogP contribution is -2.28. The van der Waals surface area contributed by atoms with Gasteiger partial charge in [-0.25, -0.2) is 4.79 Å². The number of nitrogens with one attached hydrogen (secondary N) is 1. The fourth-order valence-electron chi connectivity index (χ4n) is 1.63. The maximum absolute atomic E-state index is 11.4. The maximum atomic E-state index is 11.4. The highest BCUT2D eigenvalue weighted by molar-refractivity contribution is 5.80. The van der Waals surface area contributed by atoms with Gasteiger partial charge in [-0.15, -0.1) is 0 Å². The summed E-state index contributed by atoms with van der Waals surface area (Å²) in [5.74, 6) is 0.281. The smallest absolute Gasteiger partial charge is 0.407 e. The molecular formula is C17H33NO7. The average Bonchev–Trinajstić information content (AvgIpc) is 2.58. The summed E-state index contributed by atoms with van der Waals surface area (Å²) < 4.78 is 26.0. The molecular weight excluding hydrogens is 330 g/mol. The zero-order valence-corrected chi connectivity index (χ0v) is 15.7. The van der Waals surface area contributed by atoms with Crippen LogP contribution >= 0.6 is 0 Å². The van der Waals surface area contributed by atoms with Gasteiger partial charge in [-0.2, -0.15) is 0 Å². The van der Waals surface area contributed by atoms with E-state index >= 15 is 0 Å². The predicted octanol–water partition coefficient (Wildman–Crippen LogP) is 1.41. The van der Waals surface area contributed by atoms with Crippen LogP contribution in [0.3, 0.4) is 0 Å². The first kappa shape index (κ1) is 23.8. The SMILES string of the molecule is CCOC(=O)NCCOCCOCCOCCOCCC(=O)C(C)C. The molecule has 0 heterocycles. The molecule has 8 heteroatoms. The van der Waals surface area contributed by atoms with Gasteiger partial charge in [0.15, 0.2) is 0 Å². The quantitative estimate of drug-likeness (QED) is 0.391. The third kappa shape index (κ3) is 17.4. The highest BCUT2D eigenvalue weighted by Crippen LogP contribution is 1.98. The van der Waals surface area contributed by atoms with Crippen molar-refractivity contribution in [2.75, 3.05) is 66.0 Å². The van der Waals surface area contributed by atoms with Crippen LogP contribution in [0.15, 0.2) is 0 Å². The summed E-state index contributed by atoms with van der Waals surface area (Å²) in [6.45, 7) is 9.99. The van der Waals surface area contributed by atoms with Gasteiger partial charge < -0.3 is 29.0 Å². The minimum atomic E-state index is -0.435. The third-order valence-corrected chi connectivity index (χ3v) is 3.04. The molecule has 25 heavy (non-hydrogen) atoms. The molecule has 0 radical (unpaired) electrons. The maximum Gasteiger partial charge on any atom is 0.407 e. The van der Waals surface area contributed by atoms with Gasteiger partial charge >= 0.3 is 6.09 Å². The lowest BCUT2D eigenvalue weighted by atomic mass is 10.1. The minimum Gasteiger partial charge on any atom is -0.450 e. The fourth-order valence-corrected chi connectivity index (χ4v) is 1.63. The number of hydrogen-bond donors (Lipinski definition) is 1. The van der Waals surface area contributed by atoms with E-state index in [-0.39, 0.29) is 11.7 Å². The van der Waals surface area contributed by atoms with Crippen LogP contribution in [-0.4, -0.2) is 77.9 Å². The van der Waals surface area contributed by atoms with Crippen LogP contribution in [0.2, 0.25) is 0 Å². The first-order chi connectivity index (χ1) is 12.1. The van der Waals surface area contributed by atoms with E-state index in [1.54, 1.807) is 6.92 Å². The largest absolute Gasteiger partial charge is 0.450 e. The zero-order valence-electron chi connectivity index (χ0n) is 15.7. The van der Waals surface area contributed by atoms with Crippen LogP contribution in [0, 0.1) is 5.92 Å². The van der Waals surface area contributed by atoms with Gasteiger partial charge in [-0.1, -0.05) is 13.8 Å². The molecule has 0 aromatic heterocycles. The summed E-state index contributed by atoms with van der Waals surface area (Å²) in [5.41, 5.74) is 0. The Bertz CT molecular complexity index is 337. The van der Waals surface area contributed by atoms with Gasteiger partial charge in [0.05, 0.1) is 59.5 Å². The van der Waals surface area contributed by atoms with Gasteiger partial charge in [0.2, 0.25) is 0 Å².